The Balaban J connectivity index is 3.33. The van der Waals surface area contributed by atoms with Crippen molar-refractivity contribution >= 4 is 27.3 Å². The molecule has 1 aromatic rings. The molecule has 0 radical (unpaired) electrons. The third-order valence-electron chi connectivity index (χ3n) is 1.87. The Morgan fingerprint density at radius 1 is 1.33 bits per heavy atom. The van der Waals surface area contributed by atoms with E-state index in [1.807, 2.05) is 4.72 Å². The average molecular weight is 301 g/mol. The van der Waals surface area contributed by atoms with Crippen LogP contribution in [0, 0.1) is 21.7 Å². The quantitative estimate of drug-likeness (QED) is 0.505. The Bertz CT molecular complexity index is 579. The number of sulfonamides is 1. The van der Waals surface area contributed by atoms with E-state index in [1.54, 1.807) is 0 Å². The van der Waals surface area contributed by atoms with Gasteiger partial charge in [0.25, 0.3) is 0 Å². The lowest BCUT2D eigenvalue weighted by atomic mass is 10.3. The predicted octanol–water partition coefficient (Wildman–Crippen LogP) is 1.39. The molecule has 0 bridgehead atoms. The van der Waals surface area contributed by atoms with Gasteiger partial charge in [0.1, 0.15) is 10.7 Å². The molecule has 0 atom stereocenters. The highest BCUT2D eigenvalue weighted by molar-refractivity contribution is 7.89. The van der Waals surface area contributed by atoms with Crippen LogP contribution in [0.5, 0.6) is 0 Å². The molecule has 0 heterocycles. The maximum absolute atomic E-state index is 13.3. The van der Waals surface area contributed by atoms with Crippen molar-refractivity contribution in [3.8, 4) is 0 Å². The molecule has 0 saturated carbocycles. The van der Waals surface area contributed by atoms with Gasteiger partial charge in [0.15, 0.2) is 0 Å². The molecular weight excluding hydrogens is 294 g/mol. The number of rotatable bonds is 5. The van der Waals surface area contributed by atoms with Gasteiger partial charge in [-0.25, -0.2) is 17.5 Å². The van der Waals surface area contributed by atoms with Crippen LogP contribution >= 0.6 is 11.6 Å². The predicted molar refractivity (Wildman–Crippen MR) is 58.9 cm³/mol. The Morgan fingerprint density at radius 2 is 1.94 bits per heavy atom. The maximum atomic E-state index is 13.3. The molecule has 10 heteroatoms. The van der Waals surface area contributed by atoms with Gasteiger partial charge in [-0.3, -0.25) is 10.1 Å². The van der Waals surface area contributed by atoms with E-state index in [0.717, 1.165) is 0 Å². The molecule has 0 aliphatic heterocycles. The lowest BCUT2D eigenvalue weighted by Crippen LogP contribution is -2.26. The van der Waals surface area contributed by atoms with Crippen molar-refractivity contribution in [3.05, 3.63) is 33.9 Å². The molecule has 18 heavy (non-hydrogen) atoms. The van der Waals surface area contributed by atoms with Crippen LogP contribution in [-0.4, -0.2) is 25.8 Å². The van der Waals surface area contributed by atoms with E-state index in [0.29, 0.717) is 6.07 Å². The topological polar surface area (TPSA) is 89.3 Å². The van der Waals surface area contributed by atoms with Crippen LogP contribution in [0.1, 0.15) is 0 Å². The van der Waals surface area contributed by atoms with Crippen molar-refractivity contribution in [3.63, 3.8) is 0 Å². The van der Waals surface area contributed by atoms with E-state index in [9.17, 15) is 27.3 Å². The number of hydrogen-bond donors (Lipinski definition) is 1. The molecule has 1 N–H and O–H groups in total. The summed E-state index contributed by atoms with van der Waals surface area (Å²) in [6, 6.07) is 0.467. The molecule has 0 aromatic heterocycles. The van der Waals surface area contributed by atoms with Gasteiger partial charge >= 0.3 is 5.69 Å². The van der Waals surface area contributed by atoms with Crippen LogP contribution in [0.2, 0.25) is 0 Å². The van der Waals surface area contributed by atoms with E-state index in [2.05, 4.69) is 0 Å². The molecule has 0 fully saturated rings. The van der Waals surface area contributed by atoms with Gasteiger partial charge in [-0.1, -0.05) is 0 Å². The van der Waals surface area contributed by atoms with Crippen molar-refractivity contribution in [2.24, 2.45) is 0 Å². The zero-order valence-electron chi connectivity index (χ0n) is 8.69. The highest BCUT2D eigenvalue weighted by Crippen LogP contribution is 2.24. The summed E-state index contributed by atoms with van der Waals surface area (Å²) in [5.41, 5.74) is -1.12. The fourth-order valence-corrected chi connectivity index (χ4v) is 2.43. The smallest absolute Gasteiger partial charge is 0.258 e. The lowest BCUT2D eigenvalue weighted by molar-refractivity contribution is -0.387. The summed E-state index contributed by atoms with van der Waals surface area (Å²) in [4.78, 5) is 8.29. The number of nitrogens with one attached hydrogen (secondary N) is 1. The minimum Gasteiger partial charge on any atom is -0.258 e. The van der Waals surface area contributed by atoms with Crippen molar-refractivity contribution in [1.82, 2.24) is 4.72 Å². The lowest BCUT2D eigenvalue weighted by Gasteiger charge is -2.06. The van der Waals surface area contributed by atoms with Gasteiger partial charge in [0, 0.05) is 24.6 Å². The molecular formula is C8H7ClF2N2O4S. The number of benzene rings is 1. The van der Waals surface area contributed by atoms with Gasteiger partial charge in [-0.2, -0.15) is 4.39 Å². The van der Waals surface area contributed by atoms with Gasteiger partial charge in [0.05, 0.1) is 4.92 Å². The van der Waals surface area contributed by atoms with Crippen LogP contribution in [-0.2, 0) is 10.0 Å². The molecule has 0 saturated heterocycles. The average Bonchev–Trinajstić information content (AvgIpc) is 2.25. The molecule has 0 amide bonds. The van der Waals surface area contributed by atoms with Crippen LogP contribution < -0.4 is 4.72 Å². The number of nitrogens with zero attached hydrogens (tertiary/aromatic N) is 1. The minimum atomic E-state index is -4.31. The Labute approximate surface area is 106 Å². The van der Waals surface area contributed by atoms with E-state index in [1.165, 1.54) is 0 Å². The second-order valence-corrected chi connectivity index (χ2v) is 5.19. The number of alkyl halides is 1. The van der Waals surface area contributed by atoms with E-state index >= 15 is 0 Å². The Morgan fingerprint density at radius 3 is 2.44 bits per heavy atom. The van der Waals surface area contributed by atoms with Gasteiger partial charge in [-0.05, 0) is 0 Å². The highest BCUT2D eigenvalue weighted by Gasteiger charge is 2.25. The molecule has 6 nitrogen and oxygen atoms in total. The third kappa shape index (κ3) is 3.12. The number of nitro benzene ring substituents is 1. The molecule has 1 rings (SSSR count). The summed E-state index contributed by atoms with van der Waals surface area (Å²) >= 11 is 5.25. The van der Waals surface area contributed by atoms with Crippen LogP contribution in [0.15, 0.2) is 17.0 Å². The first-order chi connectivity index (χ1) is 8.29. The Kier molecular flexibility index (Phi) is 4.54. The zero-order chi connectivity index (χ0) is 13.9. The molecule has 0 spiro atoms. The van der Waals surface area contributed by atoms with E-state index < -0.39 is 37.2 Å². The summed E-state index contributed by atoms with van der Waals surface area (Å²) in [5.74, 6) is -2.93. The fraction of sp³-hybridized carbons (Fsp3) is 0.250. The first-order valence-electron chi connectivity index (χ1n) is 4.48. The number of hydrogen-bond acceptors (Lipinski definition) is 4. The Hall–Kier alpha value is -1.32. The molecule has 100 valence electrons. The molecule has 0 aliphatic carbocycles. The summed E-state index contributed by atoms with van der Waals surface area (Å²) in [6.07, 6.45) is 0. The highest BCUT2D eigenvalue weighted by atomic mass is 35.5. The second kappa shape index (κ2) is 5.55. The van der Waals surface area contributed by atoms with Gasteiger partial charge in [-0.15, -0.1) is 11.6 Å². The van der Waals surface area contributed by atoms with Crippen molar-refractivity contribution in [1.29, 1.82) is 0 Å². The van der Waals surface area contributed by atoms with Crippen molar-refractivity contribution < 1.29 is 22.1 Å². The molecule has 1 aromatic carbocycles. The van der Waals surface area contributed by atoms with Crippen LogP contribution in [0.4, 0.5) is 14.5 Å². The summed E-state index contributed by atoms with van der Waals surface area (Å²) in [5, 5.41) is 10.4. The third-order valence-corrected chi connectivity index (χ3v) is 3.54. The first-order valence-corrected chi connectivity index (χ1v) is 6.50. The summed E-state index contributed by atoms with van der Waals surface area (Å²) in [6.45, 7) is -0.186. The van der Waals surface area contributed by atoms with E-state index in [4.69, 9.17) is 11.6 Å². The van der Waals surface area contributed by atoms with Crippen molar-refractivity contribution in [2.45, 2.75) is 4.90 Å². The van der Waals surface area contributed by atoms with Crippen LogP contribution in [0.25, 0.3) is 0 Å². The molecule has 0 aliphatic rings. The number of halogens is 3. The number of nitro groups is 1. The standard InChI is InChI=1S/C8H7ClF2N2O4S/c9-1-2-12-18(16,17)8-4-7(13(14)15)5(10)3-6(8)11/h3-4,12H,1-2H2. The van der Waals surface area contributed by atoms with E-state index in [-0.39, 0.29) is 18.5 Å². The fourth-order valence-electron chi connectivity index (χ4n) is 1.11. The monoisotopic (exact) mass is 300 g/mol. The summed E-state index contributed by atoms with van der Waals surface area (Å²) < 4.78 is 51.3. The largest absolute Gasteiger partial charge is 0.306 e. The normalized spacial score (nSPS) is 11.5. The maximum Gasteiger partial charge on any atom is 0.306 e. The van der Waals surface area contributed by atoms with Gasteiger partial charge in [0.2, 0.25) is 15.8 Å². The minimum absolute atomic E-state index is 0.0653. The molecule has 0 unspecified atom stereocenters. The van der Waals surface area contributed by atoms with Crippen LogP contribution in [0.3, 0.4) is 0 Å². The first kappa shape index (κ1) is 14.7. The SMILES string of the molecule is O=[N+]([O-])c1cc(S(=O)(=O)NCCCl)c(F)cc1F. The zero-order valence-corrected chi connectivity index (χ0v) is 10.3. The van der Waals surface area contributed by atoms with Gasteiger partial charge < -0.3 is 0 Å². The second-order valence-electron chi connectivity index (χ2n) is 3.08. The summed E-state index contributed by atoms with van der Waals surface area (Å²) in [7, 11) is -4.31. The van der Waals surface area contributed by atoms with Crippen molar-refractivity contribution in [2.75, 3.05) is 12.4 Å².